The molecule has 0 bridgehead atoms. The summed E-state index contributed by atoms with van der Waals surface area (Å²) in [5.41, 5.74) is 1.98. The molecule has 2 fully saturated rings. The van der Waals surface area contributed by atoms with E-state index in [-0.39, 0.29) is 17.2 Å². The van der Waals surface area contributed by atoms with Gasteiger partial charge in [-0.15, -0.1) is 0 Å². The second-order valence-electron chi connectivity index (χ2n) is 6.53. The van der Waals surface area contributed by atoms with E-state index < -0.39 is 0 Å². The van der Waals surface area contributed by atoms with Crippen molar-refractivity contribution in [2.75, 3.05) is 18.5 Å². The van der Waals surface area contributed by atoms with Gasteiger partial charge >= 0.3 is 0 Å². The van der Waals surface area contributed by atoms with E-state index in [1.54, 1.807) is 0 Å². The lowest BCUT2D eigenvalue weighted by atomic mass is 9.94. The van der Waals surface area contributed by atoms with Gasteiger partial charge in [-0.1, -0.05) is 11.6 Å². The summed E-state index contributed by atoms with van der Waals surface area (Å²) in [5.74, 6) is 0.798. The molecular formula is C17H20ClN3O2. The molecule has 2 heterocycles. The van der Waals surface area contributed by atoms with Gasteiger partial charge in [0.15, 0.2) is 0 Å². The van der Waals surface area contributed by atoms with Crippen LogP contribution in [-0.2, 0) is 16.1 Å². The van der Waals surface area contributed by atoms with Gasteiger partial charge in [-0.2, -0.15) is 0 Å². The van der Waals surface area contributed by atoms with Gasteiger partial charge in [0.05, 0.1) is 11.0 Å². The van der Waals surface area contributed by atoms with Gasteiger partial charge in [0.2, 0.25) is 11.9 Å². The Kier molecular flexibility index (Phi) is 3.58. The van der Waals surface area contributed by atoms with Gasteiger partial charge in [0, 0.05) is 30.7 Å². The number of benzene rings is 1. The van der Waals surface area contributed by atoms with Gasteiger partial charge in [0.1, 0.15) is 0 Å². The van der Waals surface area contributed by atoms with Crippen LogP contribution in [0.3, 0.4) is 0 Å². The fourth-order valence-electron chi connectivity index (χ4n) is 3.76. The average molecular weight is 334 g/mol. The first kappa shape index (κ1) is 15.0. The molecule has 4 rings (SSSR count). The van der Waals surface area contributed by atoms with Gasteiger partial charge in [-0.3, -0.25) is 10.1 Å². The third-order valence-electron chi connectivity index (χ3n) is 5.26. The number of nitrogens with one attached hydrogen (secondary N) is 1. The first-order chi connectivity index (χ1) is 11.1. The van der Waals surface area contributed by atoms with E-state index in [1.165, 1.54) is 0 Å². The number of imidazole rings is 1. The second kappa shape index (κ2) is 5.49. The van der Waals surface area contributed by atoms with Crippen molar-refractivity contribution in [3.8, 4) is 0 Å². The number of ether oxygens (including phenoxy) is 1. The van der Waals surface area contributed by atoms with Gasteiger partial charge in [-0.25, -0.2) is 4.98 Å². The minimum absolute atomic E-state index is 0.0861. The maximum absolute atomic E-state index is 12.6. The Morgan fingerprint density at radius 2 is 2.26 bits per heavy atom. The molecule has 2 aliphatic rings. The van der Waals surface area contributed by atoms with Crippen LogP contribution in [0.5, 0.6) is 0 Å². The molecule has 23 heavy (non-hydrogen) atoms. The Hall–Kier alpha value is -1.59. The molecule has 2 aromatic rings. The standard InChI is InChI=1S/C17H20ClN3O2/c1-2-21-14-4-3-11(18)9-13(14)19-16(21)20-15(22)12-10-17(12)5-7-23-8-6-17/h3-4,9,12H,2,5-8,10H2,1H3,(H,19,20,22)/t12-/m0/s1. The van der Waals surface area contributed by atoms with Crippen molar-refractivity contribution in [2.24, 2.45) is 11.3 Å². The number of carbonyl (C=O) groups is 1. The van der Waals surface area contributed by atoms with Crippen LogP contribution in [-0.4, -0.2) is 28.7 Å². The fraction of sp³-hybridized carbons (Fsp3) is 0.529. The number of aromatic nitrogens is 2. The molecule has 1 aliphatic carbocycles. The Bertz CT molecular complexity index is 765. The molecule has 5 nitrogen and oxygen atoms in total. The summed E-state index contributed by atoms with van der Waals surface area (Å²) in [6.45, 7) is 4.34. The van der Waals surface area contributed by atoms with E-state index in [2.05, 4.69) is 10.3 Å². The van der Waals surface area contributed by atoms with Crippen molar-refractivity contribution >= 4 is 34.5 Å². The first-order valence-corrected chi connectivity index (χ1v) is 8.55. The summed E-state index contributed by atoms with van der Waals surface area (Å²) >= 11 is 6.04. The molecule has 1 saturated carbocycles. The van der Waals surface area contributed by atoms with Crippen LogP contribution in [0.1, 0.15) is 26.2 Å². The largest absolute Gasteiger partial charge is 0.381 e. The Morgan fingerprint density at radius 3 is 3.00 bits per heavy atom. The highest BCUT2D eigenvalue weighted by Crippen LogP contribution is 2.59. The van der Waals surface area contributed by atoms with E-state index in [0.29, 0.717) is 11.0 Å². The summed E-state index contributed by atoms with van der Waals surface area (Å²) in [5, 5.41) is 3.69. The fourth-order valence-corrected chi connectivity index (χ4v) is 3.93. The quantitative estimate of drug-likeness (QED) is 0.935. The lowest BCUT2D eigenvalue weighted by molar-refractivity contribution is -0.118. The van der Waals surface area contributed by atoms with Gasteiger partial charge < -0.3 is 9.30 Å². The summed E-state index contributed by atoms with van der Waals surface area (Å²) < 4.78 is 7.43. The maximum Gasteiger partial charge on any atom is 0.230 e. The Labute approximate surface area is 140 Å². The van der Waals surface area contributed by atoms with E-state index in [0.717, 1.165) is 50.1 Å². The number of nitrogens with zero attached hydrogens (tertiary/aromatic N) is 2. The summed E-state index contributed by atoms with van der Waals surface area (Å²) in [4.78, 5) is 17.2. The number of halogens is 1. The molecule has 1 saturated heterocycles. The van der Waals surface area contributed by atoms with E-state index >= 15 is 0 Å². The molecule has 1 aromatic heterocycles. The number of rotatable bonds is 3. The number of hydrogen-bond donors (Lipinski definition) is 1. The highest BCUT2D eigenvalue weighted by molar-refractivity contribution is 6.31. The summed E-state index contributed by atoms with van der Waals surface area (Å²) in [7, 11) is 0. The van der Waals surface area contributed by atoms with Crippen molar-refractivity contribution in [3.05, 3.63) is 23.2 Å². The monoisotopic (exact) mass is 333 g/mol. The van der Waals surface area contributed by atoms with Crippen molar-refractivity contribution in [2.45, 2.75) is 32.7 Å². The maximum atomic E-state index is 12.6. The summed E-state index contributed by atoms with van der Waals surface area (Å²) in [6, 6.07) is 5.62. The smallest absolute Gasteiger partial charge is 0.230 e. The van der Waals surface area contributed by atoms with Crippen LogP contribution in [0.2, 0.25) is 5.02 Å². The second-order valence-corrected chi connectivity index (χ2v) is 6.97. The zero-order chi connectivity index (χ0) is 16.0. The number of fused-ring (bicyclic) bond motifs is 1. The van der Waals surface area contributed by atoms with Crippen molar-refractivity contribution in [1.29, 1.82) is 0 Å². The molecule has 0 unspecified atom stereocenters. The average Bonchev–Trinajstić information content (AvgIpc) is 3.12. The molecule has 0 radical (unpaired) electrons. The zero-order valence-electron chi connectivity index (χ0n) is 13.1. The molecule has 1 atom stereocenters. The number of hydrogen-bond acceptors (Lipinski definition) is 3. The third kappa shape index (κ3) is 2.52. The number of aryl methyl sites for hydroxylation is 1. The molecule has 1 amide bonds. The van der Waals surface area contributed by atoms with Gasteiger partial charge in [-0.05, 0) is 49.8 Å². The number of carbonyl (C=O) groups excluding carboxylic acids is 1. The molecular weight excluding hydrogens is 314 g/mol. The van der Waals surface area contributed by atoms with Gasteiger partial charge in [0.25, 0.3) is 0 Å². The number of amides is 1. The predicted octanol–water partition coefficient (Wildman–Crippen LogP) is 3.46. The summed E-state index contributed by atoms with van der Waals surface area (Å²) in [6.07, 6.45) is 2.95. The topological polar surface area (TPSA) is 56.2 Å². The normalized spacial score (nSPS) is 22.4. The van der Waals surface area contributed by atoms with Crippen LogP contribution in [0, 0.1) is 11.3 Å². The van der Waals surface area contributed by atoms with Crippen molar-refractivity contribution in [3.63, 3.8) is 0 Å². The highest BCUT2D eigenvalue weighted by Gasteiger charge is 2.58. The zero-order valence-corrected chi connectivity index (χ0v) is 13.9. The lowest BCUT2D eigenvalue weighted by Gasteiger charge is -2.22. The van der Waals surface area contributed by atoms with Crippen molar-refractivity contribution < 1.29 is 9.53 Å². The van der Waals surface area contributed by atoms with Crippen LogP contribution >= 0.6 is 11.6 Å². The van der Waals surface area contributed by atoms with Crippen LogP contribution in [0.15, 0.2) is 18.2 Å². The molecule has 6 heteroatoms. The lowest BCUT2D eigenvalue weighted by Crippen LogP contribution is -2.25. The minimum Gasteiger partial charge on any atom is -0.381 e. The van der Waals surface area contributed by atoms with E-state index in [4.69, 9.17) is 16.3 Å². The van der Waals surface area contributed by atoms with E-state index in [1.807, 2.05) is 29.7 Å². The van der Waals surface area contributed by atoms with Crippen LogP contribution in [0.25, 0.3) is 11.0 Å². The predicted molar refractivity (Wildman–Crippen MR) is 89.6 cm³/mol. The minimum atomic E-state index is 0.0861. The van der Waals surface area contributed by atoms with Crippen LogP contribution < -0.4 is 5.32 Å². The molecule has 1 spiro atoms. The van der Waals surface area contributed by atoms with Crippen LogP contribution in [0.4, 0.5) is 5.95 Å². The molecule has 1 aromatic carbocycles. The highest BCUT2D eigenvalue weighted by atomic mass is 35.5. The molecule has 1 N–H and O–H groups in total. The molecule has 122 valence electrons. The Balaban J connectivity index is 1.57. The van der Waals surface area contributed by atoms with Crippen molar-refractivity contribution in [1.82, 2.24) is 9.55 Å². The SMILES string of the molecule is CCn1c(NC(=O)[C@@H]2CC23CCOCC3)nc2cc(Cl)ccc21. The number of anilines is 1. The Morgan fingerprint density at radius 1 is 1.48 bits per heavy atom. The van der Waals surface area contributed by atoms with E-state index in [9.17, 15) is 4.79 Å². The first-order valence-electron chi connectivity index (χ1n) is 8.17. The third-order valence-corrected chi connectivity index (χ3v) is 5.49. The molecule has 1 aliphatic heterocycles.